The van der Waals surface area contributed by atoms with Gasteiger partial charge in [0.05, 0.1) is 0 Å². The zero-order chi connectivity index (χ0) is 45.2. The fraction of sp³-hybridized carbons (Fsp3) is 0.333. The topological polar surface area (TPSA) is 55.4 Å². The standard InChI is InChI=1S/C54H64As2O6/c1-31(2)45-29-37(9)43(15)51(53(45)61-55(57-47-21-17-33(5)25-39(47)11)58-48-22-18-34(6)26-40(48)12)52-44(16)38(10)30-46(32(3)4)54(52)62-56(59-49-23-19-35(7)27-41(49)13)60-50-24-20-36(8)28-42(50)14/h17-32H,1-16H3. The Morgan fingerprint density at radius 1 is 0.323 bits per heavy atom. The molecule has 0 heterocycles. The number of hydrogen-bond acceptors (Lipinski definition) is 6. The molecule has 0 saturated carbocycles. The van der Waals surface area contributed by atoms with Crippen molar-refractivity contribution in [1.29, 1.82) is 0 Å². The van der Waals surface area contributed by atoms with Crippen molar-refractivity contribution in [2.75, 3.05) is 0 Å². The average Bonchev–Trinajstić information content (AvgIpc) is 3.19. The molecule has 6 rings (SSSR count). The van der Waals surface area contributed by atoms with Crippen molar-refractivity contribution >= 4 is 31.4 Å². The molecule has 62 heavy (non-hydrogen) atoms. The summed E-state index contributed by atoms with van der Waals surface area (Å²) in [7, 11) is 0. The summed E-state index contributed by atoms with van der Waals surface area (Å²) in [5.74, 6) is 4.71. The third kappa shape index (κ3) is 10.7. The van der Waals surface area contributed by atoms with Crippen LogP contribution in [0, 0.1) is 83.1 Å². The van der Waals surface area contributed by atoms with Crippen molar-refractivity contribution < 1.29 is 22.4 Å². The zero-order valence-electron chi connectivity index (χ0n) is 39.6. The molecule has 0 radical (unpaired) electrons. The van der Waals surface area contributed by atoms with Crippen LogP contribution < -0.4 is 22.4 Å². The molecule has 0 atom stereocenters. The molecule has 8 heteroatoms. The van der Waals surface area contributed by atoms with Crippen molar-refractivity contribution in [1.82, 2.24) is 0 Å². The molecule has 0 aliphatic heterocycles. The number of aryl methyl sites for hydroxylation is 10. The first kappa shape index (κ1) is 46.7. The van der Waals surface area contributed by atoms with Gasteiger partial charge in [-0.15, -0.1) is 0 Å². The molecule has 0 aliphatic rings. The molecular formula is C54H64As2O6. The SMILES string of the molecule is Cc1ccc(O[As](Oc2ccc(C)cc2C)Oc2c(C(C)C)cc(C)c(C)c2-c2c(C)c(C)cc(C(C)C)c2O[As](Oc2ccc(C)cc2C)Oc2ccc(C)cc2C)c(C)c1. The molecule has 6 nitrogen and oxygen atoms in total. The van der Waals surface area contributed by atoms with E-state index in [1.165, 1.54) is 0 Å². The second-order valence-electron chi connectivity index (χ2n) is 17.6. The predicted octanol–water partition coefficient (Wildman–Crippen LogP) is 14.3. The van der Waals surface area contributed by atoms with Gasteiger partial charge in [-0.05, 0) is 0 Å². The van der Waals surface area contributed by atoms with Gasteiger partial charge in [-0.2, -0.15) is 0 Å². The van der Waals surface area contributed by atoms with Crippen LogP contribution in [0.15, 0.2) is 84.9 Å². The van der Waals surface area contributed by atoms with E-state index < -0.39 is 31.4 Å². The number of hydrogen-bond donors (Lipinski definition) is 0. The van der Waals surface area contributed by atoms with E-state index in [1.54, 1.807) is 0 Å². The van der Waals surface area contributed by atoms with Crippen LogP contribution in [-0.4, -0.2) is 31.4 Å². The molecule has 0 spiro atoms. The van der Waals surface area contributed by atoms with Crippen LogP contribution in [0.5, 0.6) is 34.5 Å². The number of rotatable bonds is 15. The zero-order valence-corrected chi connectivity index (χ0v) is 43.3. The van der Waals surface area contributed by atoms with E-state index in [0.29, 0.717) is 0 Å². The Morgan fingerprint density at radius 2 is 0.581 bits per heavy atom. The Kier molecular flexibility index (Phi) is 14.9. The summed E-state index contributed by atoms with van der Waals surface area (Å²) in [4.78, 5) is 0. The predicted molar refractivity (Wildman–Crippen MR) is 258 cm³/mol. The molecule has 0 N–H and O–H groups in total. The average molecular weight is 959 g/mol. The van der Waals surface area contributed by atoms with Crippen molar-refractivity contribution in [3.05, 3.63) is 163 Å². The van der Waals surface area contributed by atoms with Gasteiger partial charge in [-0.25, -0.2) is 0 Å². The van der Waals surface area contributed by atoms with Crippen LogP contribution in [-0.2, 0) is 0 Å². The molecule has 0 aliphatic carbocycles. The van der Waals surface area contributed by atoms with E-state index in [9.17, 15) is 0 Å². The van der Waals surface area contributed by atoms with Crippen LogP contribution in [0.4, 0.5) is 0 Å². The first-order valence-corrected chi connectivity index (χ1v) is 26.2. The molecule has 0 unspecified atom stereocenters. The molecule has 0 fully saturated rings. The van der Waals surface area contributed by atoms with Gasteiger partial charge in [-0.1, -0.05) is 0 Å². The first-order valence-electron chi connectivity index (χ1n) is 21.6. The Morgan fingerprint density at radius 3 is 0.806 bits per heavy atom. The fourth-order valence-corrected chi connectivity index (χ4v) is 12.7. The Balaban J connectivity index is 1.60. The molecular weight excluding hydrogens is 894 g/mol. The second kappa shape index (κ2) is 19.7. The second-order valence-corrected chi connectivity index (χ2v) is 21.8. The van der Waals surface area contributed by atoms with Gasteiger partial charge in [0.2, 0.25) is 0 Å². The minimum absolute atomic E-state index is 0.114. The minimum atomic E-state index is -3.15. The van der Waals surface area contributed by atoms with Crippen molar-refractivity contribution in [2.24, 2.45) is 0 Å². The maximum absolute atomic E-state index is 7.40. The van der Waals surface area contributed by atoms with Gasteiger partial charge in [0.1, 0.15) is 0 Å². The summed E-state index contributed by atoms with van der Waals surface area (Å²) in [5, 5.41) is 0. The summed E-state index contributed by atoms with van der Waals surface area (Å²) in [6.45, 7) is 34.2. The fourth-order valence-electron chi connectivity index (χ4n) is 7.68. The van der Waals surface area contributed by atoms with Gasteiger partial charge < -0.3 is 0 Å². The van der Waals surface area contributed by atoms with Gasteiger partial charge in [0.15, 0.2) is 0 Å². The molecule has 326 valence electrons. The first-order chi connectivity index (χ1) is 29.3. The van der Waals surface area contributed by atoms with E-state index in [-0.39, 0.29) is 11.8 Å². The van der Waals surface area contributed by atoms with E-state index in [1.807, 2.05) is 24.3 Å². The summed E-state index contributed by atoms with van der Waals surface area (Å²) in [5.41, 5.74) is 17.3. The molecule has 0 aromatic heterocycles. The third-order valence-corrected chi connectivity index (χ3v) is 15.8. The van der Waals surface area contributed by atoms with Gasteiger partial charge in [0, 0.05) is 0 Å². The van der Waals surface area contributed by atoms with Crippen LogP contribution in [0.1, 0.15) is 117 Å². The summed E-state index contributed by atoms with van der Waals surface area (Å²) in [6, 6.07) is 29.4. The molecule has 6 aromatic carbocycles. The van der Waals surface area contributed by atoms with E-state index in [2.05, 4.69) is 171 Å². The monoisotopic (exact) mass is 958 g/mol. The third-order valence-electron chi connectivity index (χ3n) is 11.5. The Hall–Kier alpha value is -4.76. The van der Waals surface area contributed by atoms with Crippen molar-refractivity contribution in [3.8, 4) is 45.6 Å². The quantitative estimate of drug-likeness (QED) is 0.0956. The van der Waals surface area contributed by atoms with Crippen molar-refractivity contribution in [3.63, 3.8) is 0 Å². The Labute approximate surface area is 382 Å². The summed E-state index contributed by atoms with van der Waals surface area (Å²) in [6.07, 6.45) is 0. The van der Waals surface area contributed by atoms with Crippen LogP contribution in [0.25, 0.3) is 11.1 Å². The molecule has 0 amide bonds. The van der Waals surface area contributed by atoms with Crippen LogP contribution in [0.3, 0.4) is 0 Å². The normalized spacial score (nSPS) is 11.5. The Bertz CT molecular complexity index is 2310. The van der Waals surface area contributed by atoms with E-state index >= 15 is 0 Å². The van der Waals surface area contributed by atoms with Crippen LogP contribution >= 0.6 is 0 Å². The van der Waals surface area contributed by atoms with Gasteiger partial charge >= 0.3 is 385 Å². The number of benzene rings is 6. The van der Waals surface area contributed by atoms with E-state index in [4.69, 9.17) is 22.4 Å². The molecule has 6 aromatic rings. The van der Waals surface area contributed by atoms with Crippen LogP contribution in [0.2, 0.25) is 0 Å². The molecule has 0 saturated heterocycles. The van der Waals surface area contributed by atoms with E-state index in [0.717, 1.165) is 124 Å². The maximum atomic E-state index is 7.40. The molecule has 0 bridgehead atoms. The van der Waals surface area contributed by atoms with Gasteiger partial charge in [-0.3, -0.25) is 0 Å². The van der Waals surface area contributed by atoms with Crippen molar-refractivity contribution in [2.45, 2.75) is 123 Å². The van der Waals surface area contributed by atoms with Gasteiger partial charge in [0.25, 0.3) is 0 Å². The summed E-state index contributed by atoms with van der Waals surface area (Å²) < 4.78 is 42.4. The summed E-state index contributed by atoms with van der Waals surface area (Å²) >= 11 is -6.31.